The molecule has 0 saturated heterocycles. The Hall–Kier alpha value is -1.51. The fourth-order valence-corrected chi connectivity index (χ4v) is 2.35. The van der Waals surface area contributed by atoms with Gasteiger partial charge in [-0.15, -0.1) is 0 Å². The Balaban J connectivity index is 2.40. The molecule has 0 bridgehead atoms. The van der Waals surface area contributed by atoms with Crippen molar-refractivity contribution in [2.75, 3.05) is 5.32 Å². The van der Waals surface area contributed by atoms with Crippen LogP contribution in [0.1, 0.15) is 11.1 Å². The van der Waals surface area contributed by atoms with Gasteiger partial charge in [-0.2, -0.15) is 0 Å². The summed E-state index contributed by atoms with van der Waals surface area (Å²) in [7, 11) is 0. The smallest absolute Gasteiger partial charge is 0.124 e. The van der Waals surface area contributed by atoms with E-state index in [1.54, 1.807) is 18.2 Å². The molecule has 2 nitrogen and oxygen atoms in total. The first-order chi connectivity index (χ1) is 9.11. The molecule has 0 aliphatic heterocycles. The van der Waals surface area contributed by atoms with Crippen molar-refractivity contribution in [2.45, 2.75) is 13.3 Å². The molecule has 2 aromatic carbocycles. The Morgan fingerprint density at radius 3 is 2.47 bits per heavy atom. The van der Waals surface area contributed by atoms with Crippen molar-refractivity contribution in [3.63, 3.8) is 0 Å². The van der Waals surface area contributed by atoms with Gasteiger partial charge in [0.1, 0.15) is 6.29 Å². The van der Waals surface area contributed by atoms with Gasteiger partial charge in [0.05, 0.1) is 15.7 Å². The lowest BCUT2D eigenvalue weighted by Crippen LogP contribution is -1.98. The SMILES string of the molecule is Cc1ccc(Nc2c(Cl)cccc2Cl)c(CC=O)c1. The Bertz CT molecular complexity index is 591. The molecule has 0 heterocycles. The number of anilines is 2. The highest BCUT2D eigenvalue weighted by Crippen LogP contribution is 2.33. The Morgan fingerprint density at radius 2 is 1.84 bits per heavy atom. The second-order valence-corrected chi connectivity index (χ2v) is 5.07. The molecule has 1 N–H and O–H groups in total. The van der Waals surface area contributed by atoms with Crippen LogP contribution in [0.4, 0.5) is 11.4 Å². The number of nitrogens with one attached hydrogen (secondary N) is 1. The third-order valence-electron chi connectivity index (χ3n) is 2.79. The van der Waals surface area contributed by atoms with Crippen LogP contribution in [0.15, 0.2) is 36.4 Å². The van der Waals surface area contributed by atoms with Crippen molar-refractivity contribution in [1.82, 2.24) is 0 Å². The summed E-state index contributed by atoms with van der Waals surface area (Å²) in [5.74, 6) is 0. The van der Waals surface area contributed by atoms with Crippen LogP contribution in [0, 0.1) is 6.92 Å². The third kappa shape index (κ3) is 3.28. The van der Waals surface area contributed by atoms with Gasteiger partial charge in [0.25, 0.3) is 0 Å². The van der Waals surface area contributed by atoms with Gasteiger partial charge in [0, 0.05) is 12.1 Å². The number of aldehydes is 1. The van der Waals surface area contributed by atoms with E-state index in [2.05, 4.69) is 5.32 Å². The number of carbonyl (C=O) groups excluding carboxylic acids is 1. The molecule has 98 valence electrons. The van der Waals surface area contributed by atoms with E-state index in [9.17, 15) is 4.79 Å². The van der Waals surface area contributed by atoms with Crippen LogP contribution in [0.5, 0.6) is 0 Å². The summed E-state index contributed by atoms with van der Waals surface area (Å²) in [6.45, 7) is 1.99. The Labute approximate surface area is 122 Å². The fraction of sp³-hybridized carbons (Fsp3) is 0.133. The number of benzene rings is 2. The highest BCUT2D eigenvalue weighted by molar-refractivity contribution is 6.39. The van der Waals surface area contributed by atoms with Gasteiger partial charge in [-0.1, -0.05) is 47.0 Å². The molecular weight excluding hydrogens is 281 g/mol. The summed E-state index contributed by atoms with van der Waals surface area (Å²) in [5.41, 5.74) is 3.52. The van der Waals surface area contributed by atoms with E-state index in [1.807, 2.05) is 25.1 Å². The maximum absolute atomic E-state index is 10.7. The van der Waals surface area contributed by atoms with E-state index in [0.717, 1.165) is 23.1 Å². The second-order valence-electron chi connectivity index (χ2n) is 4.25. The highest BCUT2D eigenvalue weighted by Gasteiger charge is 2.08. The lowest BCUT2D eigenvalue weighted by atomic mass is 10.1. The lowest BCUT2D eigenvalue weighted by Gasteiger charge is -2.14. The van der Waals surface area contributed by atoms with E-state index >= 15 is 0 Å². The predicted octanol–water partition coefficient (Wildman–Crippen LogP) is 4.79. The van der Waals surface area contributed by atoms with Crippen LogP contribution in [-0.2, 0) is 11.2 Å². The molecule has 2 aromatic rings. The average molecular weight is 294 g/mol. The molecule has 19 heavy (non-hydrogen) atoms. The van der Waals surface area contributed by atoms with Gasteiger partial charge in [-0.25, -0.2) is 0 Å². The van der Waals surface area contributed by atoms with Crippen molar-refractivity contribution >= 4 is 40.9 Å². The number of rotatable bonds is 4. The molecule has 0 aliphatic carbocycles. The minimum Gasteiger partial charge on any atom is -0.353 e. The van der Waals surface area contributed by atoms with Crippen LogP contribution >= 0.6 is 23.2 Å². The number of carbonyl (C=O) groups is 1. The zero-order valence-corrected chi connectivity index (χ0v) is 11.9. The molecular formula is C15H13Cl2NO. The summed E-state index contributed by atoms with van der Waals surface area (Å²) in [5, 5.41) is 4.29. The molecule has 4 heteroatoms. The van der Waals surface area contributed by atoms with Gasteiger partial charge in [0.15, 0.2) is 0 Å². The molecule has 2 rings (SSSR count). The van der Waals surface area contributed by atoms with Crippen LogP contribution in [0.3, 0.4) is 0 Å². The molecule has 0 fully saturated rings. The third-order valence-corrected chi connectivity index (χ3v) is 3.42. The zero-order valence-electron chi connectivity index (χ0n) is 10.4. The van der Waals surface area contributed by atoms with Crippen LogP contribution in [0.2, 0.25) is 10.0 Å². The van der Waals surface area contributed by atoms with Crippen molar-refractivity contribution in [3.05, 3.63) is 57.6 Å². The number of aryl methyl sites for hydroxylation is 1. The van der Waals surface area contributed by atoms with Crippen molar-refractivity contribution in [2.24, 2.45) is 0 Å². The van der Waals surface area contributed by atoms with Gasteiger partial charge < -0.3 is 10.1 Å². The number of hydrogen-bond donors (Lipinski definition) is 1. The van der Waals surface area contributed by atoms with E-state index in [1.165, 1.54) is 0 Å². The first kappa shape index (κ1) is 13.9. The molecule has 0 amide bonds. The van der Waals surface area contributed by atoms with E-state index < -0.39 is 0 Å². The van der Waals surface area contributed by atoms with Crippen LogP contribution < -0.4 is 5.32 Å². The molecule has 0 atom stereocenters. The lowest BCUT2D eigenvalue weighted by molar-refractivity contribution is -0.107. The fourth-order valence-electron chi connectivity index (χ4n) is 1.86. The monoisotopic (exact) mass is 293 g/mol. The van der Waals surface area contributed by atoms with E-state index in [0.29, 0.717) is 22.2 Å². The summed E-state index contributed by atoms with van der Waals surface area (Å²) < 4.78 is 0. The molecule has 0 aliphatic rings. The van der Waals surface area contributed by atoms with E-state index in [4.69, 9.17) is 23.2 Å². The van der Waals surface area contributed by atoms with E-state index in [-0.39, 0.29) is 0 Å². The topological polar surface area (TPSA) is 29.1 Å². The minimum absolute atomic E-state index is 0.353. The van der Waals surface area contributed by atoms with Crippen molar-refractivity contribution in [3.8, 4) is 0 Å². The number of para-hydroxylation sites is 1. The van der Waals surface area contributed by atoms with Gasteiger partial charge in [-0.05, 0) is 30.7 Å². The summed E-state index contributed by atoms with van der Waals surface area (Å²) >= 11 is 12.2. The standard InChI is InChI=1S/C15H13Cl2NO/c1-10-5-6-14(11(9-10)7-8-19)18-15-12(16)3-2-4-13(15)17/h2-6,8-9,18H,7H2,1H3. The summed E-state index contributed by atoms with van der Waals surface area (Å²) in [4.78, 5) is 10.7. The Morgan fingerprint density at radius 1 is 1.16 bits per heavy atom. The zero-order chi connectivity index (χ0) is 13.8. The van der Waals surface area contributed by atoms with Crippen molar-refractivity contribution < 1.29 is 4.79 Å². The van der Waals surface area contributed by atoms with Crippen LogP contribution in [0.25, 0.3) is 0 Å². The first-order valence-electron chi connectivity index (χ1n) is 5.86. The highest BCUT2D eigenvalue weighted by atomic mass is 35.5. The maximum atomic E-state index is 10.7. The molecule has 0 aromatic heterocycles. The first-order valence-corrected chi connectivity index (χ1v) is 6.61. The van der Waals surface area contributed by atoms with Gasteiger partial charge in [0.2, 0.25) is 0 Å². The normalized spacial score (nSPS) is 10.3. The molecule has 0 radical (unpaired) electrons. The van der Waals surface area contributed by atoms with Gasteiger partial charge in [-0.3, -0.25) is 0 Å². The maximum Gasteiger partial charge on any atom is 0.124 e. The number of hydrogen-bond acceptors (Lipinski definition) is 2. The van der Waals surface area contributed by atoms with Gasteiger partial charge >= 0.3 is 0 Å². The molecule has 0 spiro atoms. The largest absolute Gasteiger partial charge is 0.353 e. The summed E-state index contributed by atoms with van der Waals surface area (Å²) in [6, 6.07) is 11.2. The second kappa shape index (κ2) is 6.09. The number of halogens is 2. The van der Waals surface area contributed by atoms with Crippen LogP contribution in [-0.4, -0.2) is 6.29 Å². The minimum atomic E-state index is 0.353. The molecule has 0 unspecified atom stereocenters. The summed E-state index contributed by atoms with van der Waals surface area (Å²) in [6.07, 6.45) is 1.24. The van der Waals surface area contributed by atoms with Crippen molar-refractivity contribution in [1.29, 1.82) is 0 Å². The Kier molecular flexibility index (Phi) is 4.46. The predicted molar refractivity (Wildman–Crippen MR) is 80.7 cm³/mol. The quantitative estimate of drug-likeness (QED) is 0.822. The molecule has 0 saturated carbocycles. The average Bonchev–Trinajstić information content (AvgIpc) is 2.37.